The van der Waals surface area contributed by atoms with E-state index < -0.39 is 5.60 Å². The summed E-state index contributed by atoms with van der Waals surface area (Å²) < 4.78 is 7.17. The fourth-order valence-corrected chi connectivity index (χ4v) is 3.73. The number of benzene rings is 2. The Kier molecular flexibility index (Phi) is 5.69. The van der Waals surface area contributed by atoms with Gasteiger partial charge in [0.15, 0.2) is 0 Å². The second kappa shape index (κ2) is 8.43. The van der Waals surface area contributed by atoms with Crippen LogP contribution in [0.3, 0.4) is 0 Å². The molecular formula is C24H28N4O3. The Bertz CT molecular complexity index is 1040. The van der Waals surface area contributed by atoms with Crippen molar-refractivity contribution >= 4 is 34.3 Å². The molecule has 162 valence electrons. The van der Waals surface area contributed by atoms with Crippen molar-refractivity contribution in [2.45, 2.75) is 38.8 Å². The summed E-state index contributed by atoms with van der Waals surface area (Å²) in [5, 5.41) is 8.21. The maximum Gasteiger partial charge on any atom is 0.415 e. The Morgan fingerprint density at radius 1 is 1.06 bits per heavy atom. The molecule has 1 atom stereocenters. The van der Waals surface area contributed by atoms with Gasteiger partial charge in [0.1, 0.15) is 5.60 Å². The van der Waals surface area contributed by atoms with Crippen molar-refractivity contribution < 1.29 is 14.3 Å². The highest BCUT2D eigenvalue weighted by atomic mass is 16.6. The predicted molar refractivity (Wildman–Crippen MR) is 123 cm³/mol. The molecule has 1 saturated heterocycles. The van der Waals surface area contributed by atoms with Crippen molar-refractivity contribution in [3.05, 3.63) is 60.9 Å². The summed E-state index contributed by atoms with van der Waals surface area (Å²) in [5.74, 6) is 0. The van der Waals surface area contributed by atoms with E-state index in [0.29, 0.717) is 5.69 Å². The summed E-state index contributed by atoms with van der Waals surface area (Å²) in [6.07, 6.45) is 4.10. The van der Waals surface area contributed by atoms with Crippen LogP contribution in [0.25, 0.3) is 10.8 Å². The lowest BCUT2D eigenvalue weighted by Crippen LogP contribution is -2.44. The average molecular weight is 421 g/mol. The smallest absolute Gasteiger partial charge is 0.415 e. The molecule has 7 heteroatoms. The van der Waals surface area contributed by atoms with E-state index in [4.69, 9.17) is 4.74 Å². The van der Waals surface area contributed by atoms with E-state index in [1.807, 2.05) is 57.2 Å². The summed E-state index contributed by atoms with van der Waals surface area (Å²) in [7, 11) is 0. The number of carbonyl (C=O) groups is 2. The molecule has 2 aromatic carbocycles. The Labute approximate surface area is 182 Å². The highest BCUT2D eigenvalue weighted by Crippen LogP contribution is 2.25. The van der Waals surface area contributed by atoms with Crippen LogP contribution in [0.5, 0.6) is 0 Å². The quantitative estimate of drug-likeness (QED) is 0.637. The molecule has 7 nitrogen and oxygen atoms in total. The zero-order valence-electron chi connectivity index (χ0n) is 18.1. The summed E-state index contributed by atoms with van der Waals surface area (Å²) in [4.78, 5) is 27.2. The lowest BCUT2D eigenvalue weighted by atomic mass is 10.1. The van der Waals surface area contributed by atoms with Gasteiger partial charge in [-0.2, -0.15) is 0 Å². The Balaban J connectivity index is 1.50. The zero-order valence-corrected chi connectivity index (χ0v) is 18.1. The molecule has 1 fully saturated rings. The molecule has 0 radical (unpaired) electrons. The van der Waals surface area contributed by atoms with Gasteiger partial charge in [-0.25, -0.2) is 9.59 Å². The van der Waals surface area contributed by atoms with Crippen molar-refractivity contribution in [3.8, 4) is 0 Å². The minimum atomic E-state index is -0.574. The van der Waals surface area contributed by atoms with Gasteiger partial charge in [0.2, 0.25) is 0 Å². The molecule has 1 unspecified atom stereocenters. The monoisotopic (exact) mass is 420 g/mol. The first-order valence-electron chi connectivity index (χ1n) is 10.5. The fourth-order valence-electron chi connectivity index (χ4n) is 3.73. The standard InChI is InChI=1S/C24H28N4O3/c1-24(2,3)31-23(30)28(21-12-13-25-14-21)20-10-8-19(9-11-20)26-22(29)27-15-17-6-4-5-7-18(17)16-27/h4-11,15-16,21,25H,12-14H2,1-3H3,(H,26,29). The molecule has 1 aromatic heterocycles. The number of hydrogen-bond acceptors (Lipinski definition) is 4. The number of rotatable bonds is 3. The van der Waals surface area contributed by atoms with E-state index in [-0.39, 0.29) is 18.2 Å². The Morgan fingerprint density at radius 3 is 2.26 bits per heavy atom. The van der Waals surface area contributed by atoms with E-state index >= 15 is 0 Å². The van der Waals surface area contributed by atoms with E-state index in [2.05, 4.69) is 10.6 Å². The van der Waals surface area contributed by atoms with Gasteiger partial charge in [-0.3, -0.25) is 9.47 Å². The number of amides is 2. The van der Waals surface area contributed by atoms with Crippen molar-refractivity contribution in [2.24, 2.45) is 0 Å². The van der Waals surface area contributed by atoms with Crippen LogP contribution in [0.4, 0.5) is 21.0 Å². The van der Waals surface area contributed by atoms with Gasteiger partial charge in [0, 0.05) is 30.3 Å². The van der Waals surface area contributed by atoms with Gasteiger partial charge in [0.25, 0.3) is 0 Å². The first-order valence-corrected chi connectivity index (χ1v) is 10.5. The summed E-state index contributed by atoms with van der Waals surface area (Å²) in [5.41, 5.74) is 0.822. The maximum absolute atomic E-state index is 12.9. The maximum atomic E-state index is 12.9. The van der Waals surface area contributed by atoms with Gasteiger partial charge < -0.3 is 15.4 Å². The van der Waals surface area contributed by atoms with Crippen molar-refractivity contribution in [2.75, 3.05) is 23.3 Å². The molecule has 1 aliphatic heterocycles. The van der Waals surface area contributed by atoms with Crippen LogP contribution < -0.4 is 15.5 Å². The predicted octanol–water partition coefficient (Wildman–Crippen LogP) is 4.82. The highest BCUT2D eigenvalue weighted by molar-refractivity contribution is 5.96. The summed E-state index contributed by atoms with van der Waals surface area (Å²) in [6, 6.07) is 14.9. The van der Waals surface area contributed by atoms with E-state index in [1.165, 1.54) is 4.57 Å². The SMILES string of the molecule is CC(C)(C)OC(=O)N(c1ccc(NC(=O)n2cc3ccccc3c2)cc1)C1CCNC1. The summed E-state index contributed by atoms with van der Waals surface area (Å²) >= 11 is 0. The molecule has 31 heavy (non-hydrogen) atoms. The molecule has 4 rings (SSSR count). The molecule has 3 aromatic rings. The van der Waals surface area contributed by atoms with Gasteiger partial charge >= 0.3 is 12.1 Å². The van der Waals surface area contributed by atoms with Gasteiger partial charge in [-0.1, -0.05) is 24.3 Å². The second-order valence-electron chi connectivity index (χ2n) is 8.77. The van der Waals surface area contributed by atoms with E-state index in [0.717, 1.165) is 36.0 Å². The van der Waals surface area contributed by atoms with Crippen LogP contribution in [-0.4, -0.2) is 41.4 Å². The molecular weight excluding hydrogens is 392 g/mol. The van der Waals surface area contributed by atoms with Crippen molar-refractivity contribution in [3.63, 3.8) is 0 Å². The average Bonchev–Trinajstić information content (AvgIpc) is 3.38. The summed E-state index contributed by atoms with van der Waals surface area (Å²) in [6.45, 7) is 7.17. The minimum absolute atomic E-state index is 0.0302. The molecule has 0 aliphatic carbocycles. The number of fused-ring (bicyclic) bond motifs is 1. The van der Waals surface area contributed by atoms with Gasteiger partial charge in [-0.15, -0.1) is 0 Å². The first kappa shape index (κ1) is 20.9. The number of nitrogens with zero attached hydrogens (tertiary/aromatic N) is 2. The van der Waals surface area contributed by atoms with Crippen LogP contribution >= 0.6 is 0 Å². The van der Waals surface area contributed by atoms with Crippen LogP contribution in [0.2, 0.25) is 0 Å². The van der Waals surface area contributed by atoms with Crippen molar-refractivity contribution in [1.82, 2.24) is 9.88 Å². The first-order chi connectivity index (χ1) is 14.8. The highest BCUT2D eigenvalue weighted by Gasteiger charge is 2.31. The number of hydrogen-bond donors (Lipinski definition) is 2. The molecule has 0 saturated carbocycles. The lowest BCUT2D eigenvalue weighted by molar-refractivity contribution is 0.0568. The van der Waals surface area contributed by atoms with E-state index in [1.54, 1.807) is 29.4 Å². The molecule has 0 spiro atoms. The van der Waals surface area contributed by atoms with E-state index in [9.17, 15) is 9.59 Å². The number of carbonyl (C=O) groups excluding carboxylic acids is 2. The zero-order chi connectivity index (χ0) is 22.0. The Morgan fingerprint density at radius 2 is 1.71 bits per heavy atom. The van der Waals surface area contributed by atoms with Gasteiger partial charge in [-0.05, 0) is 68.8 Å². The topological polar surface area (TPSA) is 75.6 Å². The Hall–Kier alpha value is -3.32. The molecule has 1 aliphatic rings. The van der Waals surface area contributed by atoms with Crippen LogP contribution in [0.15, 0.2) is 60.9 Å². The molecule has 2 N–H and O–H groups in total. The van der Waals surface area contributed by atoms with Crippen LogP contribution in [-0.2, 0) is 4.74 Å². The van der Waals surface area contributed by atoms with Crippen LogP contribution in [0, 0.1) is 0 Å². The molecule has 0 bridgehead atoms. The van der Waals surface area contributed by atoms with Crippen LogP contribution in [0.1, 0.15) is 27.2 Å². The van der Waals surface area contributed by atoms with Gasteiger partial charge in [0.05, 0.1) is 6.04 Å². The second-order valence-corrected chi connectivity index (χ2v) is 8.77. The number of aromatic nitrogens is 1. The third-order valence-electron chi connectivity index (χ3n) is 5.17. The molecule has 2 amide bonds. The fraction of sp³-hybridized carbons (Fsp3) is 0.333. The number of ether oxygens (including phenoxy) is 1. The lowest BCUT2D eigenvalue weighted by Gasteiger charge is -2.31. The number of nitrogens with one attached hydrogen (secondary N) is 2. The number of anilines is 2. The largest absolute Gasteiger partial charge is 0.443 e. The third-order valence-corrected chi connectivity index (χ3v) is 5.17. The minimum Gasteiger partial charge on any atom is -0.443 e. The third kappa shape index (κ3) is 4.88. The molecule has 2 heterocycles. The van der Waals surface area contributed by atoms with Crippen molar-refractivity contribution in [1.29, 1.82) is 0 Å². The normalized spacial score (nSPS) is 16.3.